The predicted octanol–water partition coefficient (Wildman–Crippen LogP) is 4.53. The first kappa shape index (κ1) is 18.9. The lowest BCUT2D eigenvalue weighted by Crippen LogP contribution is -2.39. The Morgan fingerprint density at radius 1 is 1.19 bits per heavy atom. The van der Waals surface area contributed by atoms with E-state index in [-0.39, 0.29) is 28.2 Å². The minimum atomic E-state index is -4.62. The summed E-state index contributed by atoms with van der Waals surface area (Å²) in [4.78, 5) is 21.5. The molecule has 0 atom stereocenters. The zero-order chi connectivity index (χ0) is 18.7. The third kappa shape index (κ3) is 4.28. The molecule has 1 aliphatic carbocycles. The molecule has 0 saturated heterocycles. The largest absolute Gasteiger partial charge is 0.451 e. The molecular formula is C18H20F3N3OS. The Morgan fingerprint density at radius 3 is 2.58 bits per heavy atom. The Morgan fingerprint density at radius 2 is 1.88 bits per heavy atom. The first-order valence-electron chi connectivity index (χ1n) is 8.58. The maximum Gasteiger partial charge on any atom is 0.451 e. The van der Waals surface area contributed by atoms with Crippen LogP contribution in [0.2, 0.25) is 0 Å². The van der Waals surface area contributed by atoms with Gasteiger partial charge in [0.1, 0.15) is 5.03 Å². The summed E-state index contributed by atoms with van der Waals surface area (Å²) < 4.78 is 39.2. The Labute approximate surface area is 154 Å². The summed E-state index contributed by atoms with van der Waals surface area (Å²) in [6, 6.07) is 6.77. The van der Waals surface area contributed by atoms with Gasteiger partial charge in [0.15, 0.2) is 0 Å². The Balaban J connectivity index is 1.78. The fourth-order valence-corrected chi connectivity index (χ4v) is 4.13. The number of alkyl halides is 3. The summed E-state index contributed by atoms with van der Waals surface area (Å²) in [7, 11) is 1.78. The Hall–Kier alpha value is -1.83. The van der Waals surface area contributed by atoms with Gasteiger partial charge in [0.2, 0.25) is 11.7 Å². The molecule has 140 valence electrons. The van der Waals surface area contributed by atoms with E-state index in [0.717, 1.165) is 37.4 Å². The molecule has 0 unspecified atom stereocenters. The van der Waals surface area contributed by atoms with Crippen LogP contribution in [-0.2, 0) is 11.0 Å². The standard InChI is InChI=1S/C18H20F3N3OS/c1-24(12-7-3-2-4-8-12)15(25)11-26-16-13-9-5-6-10-14(13)22-17(23-16)18(19,20)21/h5-6,9-10,12H,2-4,7-8,11H2,1H3. The van der Waals surface area contributed by atoms with E-state index in [9.17, 15) is 18.0 Å². The van der Waals surface area contributed by atoms with Gasteiger partial charge in [-0.05, 0) is 18.9 Å². The highest BCUT2D eigenvalue weighted by atomic mass is 32.2. The third-order valence-corrected chi connectivity index (χ3v) is 5.65. The van der Waals surface area contributed by atoms with Gasteiger partial charge in [-0.1, -0.05) is 49.2 Å². The fourth-order valence-electron chi connectivity index (χ4n) is 3.19. The van der Waals surface area contributed by atoms with E-state index >= 15 is 0 Å². The van der Waals surface area contributed by atoms with Crippen molar-refractivity contribution in [2.45, 2.75) is 49.3 Å². The van der Waals surface area contributed by atoms with E-state index in [4.69, 9.17) is 0 Å². The van der Waals surface area contributed by atoms with Gasteiger partial charge in [-0.15, -0.1) is 0 Å². The van der Waals surface area contributed by atoms with Crippen molar-refractivity contribution in [3.63, 3.8) is 0 Å². The number of carbonyl (C=O) groups is 1. The second-order valence-electron chi connectivity index (χ2n) is 6.45. The Kier molecular flexibility index (Phi) is 5.70. The van der Waals surface area contributed by atoms with Gasteiger partial charge in [-0.3, -0.25) is 4.79 Å². The number of hydrogen-bond donors (Lipinski definition) is 0. The fraction of sp³-hybridized carbons (Fsp3) is 0.500. The lowest BCUT2D eigenvalue weighted by Gasteiger charge is -2.31. The molecule has 1 amide bonds. The topological polar surface area (TPSA) is 46.1 Å². The second kappa shape index (κ2) is 7.82. The van der Waals surface area contributed by atoms with Crippen molar-refractivity contribution < 1.29 is 18.0 Å². The molecule has 0 spiro atoms. The van der Waals surface area contributed by atoms with Crippen molar-refractivity contribution in [2.75, 3.05) is 12.8 Å². The van der Waals surface area contributed by atoms with E-state index < -0.39 is 12.0 Å². The zero-order valence-corrected chi connectivity index (χ0v) is 15.2. The number of para-hydroxylation sites is 1. The number of halogens is 3. The number of carbonyl (C=O) groups excluding carboxylic acids is 1. The van der Waals surface area contributed by atoms with Crippen LogP contribution in [0.25, 0.3) is 10.9 Å². The molecule has 0 radical (unpaired) electrons. The monoisotopic (exact) mass is 383 g/mol. The number of amides is 1. The summed E-state index contributed by atoms with van der Waals surface area (Å²) in [5.74, 6) is -1.20. The molecule has 0 N–H and O–H groups in total. The van der Waals surface area contributed by atoms with Gasteiger partial charge in [-0.2, -0.15) is 13.2 Å². The molecule has 1 aromatic heterocycles. The van der Waals surface area contributed by atoms with Crippen molar-refractivity contribution >= 4 is 28.6 Å². The van der Waals surface area contributed by atoms with Crippen LogP contribution in [0.3, 0.4) is 0 Å². The average Bonchev–Trinajstić information content (AvgIpc) is 2.65. The summed E-state index contributed by atoms with van der Waals surface area (Å²) in [5, 5.41) is 0.715. The van der Waals surface area contributed by atoms with Gasteiger partial charge < -0.3 is 4.90 Å². The van der Waals surface area contributed by atoms with Crippen molar-refractivity contribution in [1.29, 1.82) is 0 Å². The molecule has 0 aliphatic heterocycles. The molecule has 1 aliphatic rings. The summed E-state index contributed by atoms with van der Waals surface area (Å²) in [6.07, 6.45) is 0.771. The van der Waals surface area contributed by atoms with Crippen LogP contribution in [0.4, 0.5) is 13.2 Å². The quantitative estimate of drug-likeness (QED) is 0.575. The van der Waals surface area contributed by atoms with Crippen molar-refractivity contribution in [1.82, 2.24) is 14.9 Å². The van der Waals surface area contributed by atoms with Crippen LogP contribution < -0.4 is 0 Å². The maximum absolute atomic E-state index is 13.1. The minimum Gasteiger partial charge on any atom is -0.342 e. The summed E-state index contributed by atoms with van der Waals surface area (Å²) in [6.45, 7) is 0. The molecule has 1 aromatic carbocycles. The molecule has 4 nitrogen and oxygen atoms in total. The van der Waals surface area contributed by atoms with Gasteiger partial charge >= 0.3 is 6.18 Å². The van der Waals surface area contributed by atoms with Crippen LogP contribution >= 0.6 is 11.8 Å². The van der Waals surface area contributed by atoms with Gasteiger partial charge in [-0.25, -0.2) is 9.97 Å². The van der Waals surface area contributed by atoms with Crippen LogP contribution in [0.15, 0.2) is 29.3 Å². The first-order chi connectivity index (χ1) is 12.4. The van der Waals surface area contributed by atoms with Gasteiger partial charge in [0, 0.05) is 18.5 Å². The van der Waals surface area contributed by atoms with E-state index in [1.54, 1.807) is 30.1 Å². The molecule has 1 fully saturated rings. The van der Waals surface area contributed by atoms with E-state index in [1.165, 1.54) is 12.5 Å². The molecule has 26 heavy (non-hydrogen) atoms. The number of aromatic nitrogens is 2. The number of nitrogens with zero attached hydrogens (tertiary/aromatic N) is 3. The van der Waals surface area contributed by atoms with Gasteiger partial charge in [0.05, 0.1) is 11.3 Å². The van der Waals surface area contributed by atoms with Crippen LogP contribution in [0, 0.1) is 0 Å². The van der Waals surface area contributed by atoms with Gasteiger partial charge in [0.25, 0.3) is 0 Å². The van der Waals surface area contributed by atoms with Crippen LogP contribution in [-0.4, -0.2) is 39.6 Å². The highest BCUT2D eigenvalue weighted by Crippen LogP contribution is 2.32. The normalized spacial score (nSPS) is 16.0. The summed E-state index contributed by atoms with van der Waals surface area (Å²) >= 11 is 1.04. The number of thioether (sulfide) groups is 1. The SMILES string of the molecule is CN(C(=O)CSc1nc(C(F)(F)F)nc2ccccc12)C1CCCCC1. The third-order valence-electron chi connectivity index (χ3n) is 4.67. The Bertz CT molecular complexity index is 791. The maximum atomic E-state index is 13.1. The number of fused-ring (bicyclic) bond motifs is 1. The second-order valence-corrected chi connectivity index (χ2v) is 7.42. The molecule has 3 rings (SSSR count). The van der Waals surface area contributed by atoms with E-state index in [2.05, 4.69) is 9.97 Å². The molecule has 8 heteroatoms. The van der Waals surface area contributed by atoms with Crippen molar-refractivity contribution in [3.8, 4) is 0 Å². The molecule has 1 heterocycles. The molecule has 2 aromatic rings. The van der Waals surface area contributed by atoms with Crippen LogP contribution in [0.1, 0.15) is 37.9 Å². The average molecular weight is 383 g/mol. The number of rotatable bonds is 4. The van der Waals surface area contributed by atoms with E-state index in [1.807, 2.05) is 0 Å². The predicted molar refractivity (Wildman–Crippen MR) is 94.9 cm³/mol. The lowest BCUT2D eigenvalue weighted by atomic mass is 9.94. The first-order valence-corrected chi connectivity index (χ1v) is 9.57. The lowest BCUT2D eigenvalue weighted by molar-refractivity contribution is -0.145. The molecule has 1 saturated carbocycles. The molecular weight excluding hydrogens is 363 g/mol. The van der Waals surface area contributed by atoms with Crippen molar-refractivity contribution in [3.05, 3.63) is 30.1 Å². The van der Waals surface area contributed by atoms with E-state index in [0.29, 0.717) is 5.39 Å². The smallest absolute Gasteiger partial charge is 0.342 e. The highest BCUT2D eigenvalue weighted by molar-refractivity contribution is 8.00. The number of benzene rings is 1. The minimum absolute atomic E-state index is 0.0608. The highest BCUT2D eigenvalue weighted by Gasteiger charge is 2.35. The molecule has 0 bridgehead atoms. The zero-order valence-electron chi connectivity index (χ0n) is 14.4. The summed E-state index contributed by atoms with van der Waals surface area (Å²) in [5.41, 5.74) is 0.227. The number of hydrogen-bond acceptors (Lipinski definition) is 4. The van der Waals surface area contributed by atoms with Crippen molar-refractivity contribution in [2.24, 2.45) is 0 Å². The van der Waals surface area contributed by atoms with Crippen LogP contribution in [0.5, 0.6) is 0 Å².